The molecule has 0 bridgehead atoms. The van der Waals surface area contributed by atoms with Crippen molar-refractivity contribution in [2.24, 2.45) is 0 Å². The molecule has 2 heterocycles. The first-order valence-corrected chi connectivity index (χ1v) is 9.54. The Morgan fingerprint density at radius 3 is 2.90 bits per heavy atom. The summed E-state index contributed by atoms with van der Waals surface area (Å²) in [6.07, 6.45) is 0.968. The van der Waals surface area contributed by atoms with E-state index in [1.807, 2.05) is 18.2 Å². The van der Waals surface area contributed by atoms with E-state index in [-0.39, 0.29) is 23.2 Å². The number of methoxy groups -OCH3 is 1. The smallest absolute Gasteiger partial charge is 0.165 e. The van der Waals surface area contributed by atoms with Gasteiger partial charge in [-0.1, -0.05) is 0 Å². The Balaban J connectivity index is 1.77. The van der Waals surface area contributed by atoms with Crippen molar-refractivity contribution in [2.45, 2.75) is 12.5 Å². The monoisotopic (exact) mass is 398 g/mol. The highest BCUT2D eigenvalue weighted by molar-refractivity contribution is 5.92. The average Bonchev–Trinajstić information content (AvgIpc) is 3.23. The fourth-order valence-corrected chi connectivity index (χ4v) is 3.33. The van der Waals surface area contributed by atoms with Crippen LogP contribution in [0.25, 0.3) is 22.3 Å². The number of aromatic nitrogens is 2. The van der Waals surface area contributed by atoms with Gasteiger partial charge in [-0.25, -0.2) is 14.4 Å². The largest absolute Gasteiger partial charge is 0.507 e. The van der Waals surface area contributed by atoms with Crippen molar-refractivity contribution >= 4 is 16.7 Å². The fraction of sp³-hybridized carbons (Fsp3) is 0.333. The van der Waals surface area contributed by atoms with Crippen molar-refractivity contribution in [3.8, 4) is 22.9 Å². The van der Waals surface area contributed by atoms with Crippen LogP contribution in [0.5, 0.6) is 11.5 Å². The van der Waals surface area contributed by atoms with E-state index >= 15 is 0 Å². The van der Waals surface area contributed by atoms with E-state index in [1.54, 1.807) is 7.11 Å². The maximum atomic E-state index is 13.8. The molecule has 0 radical (unpaired) electrons. The zero-order valence-electron chi connectivity index (χ0n) is 16.1. The molecule has 4 rings (SSSR count). The minimum absolute atomic E-state index is 0.0706. The molecule has 1 fully saturated rings. The number of ether oxygens (including phenoxy) is 2. The normalized spacial score (nSPS) is 16.3. The third-order valence-electron chi connectivity index (χ3n) is 4.82. The minimum atomic E-state index is -0.460. The van der Waals surface area contributed by atoms with Gasteiger partial charge in [-0.3, -0.25) is 0 Å². The van der Waals surface area contributed by atoms with Gasteiger partial charge in [0.05, 0.1) is 17.7 Å². The maximum Gasteiger partial charge on any atom is 0.165 e. The molecule has 3 N–H and O–H groups in total. The number of aromatic hydroxyl groups is 1. The molecule has 29 heavy (non-hydrogen) atoms. The van der Waals surface area contributed by atoms with Gasteiger partial charge in [-0.2, -0.15) is 0 Å². The summed E-state index contributed by atoms with van der Waals surface area (Å²) < 4.78 is 24.5. The lowest BCUT2D eigenvalue weighted by Crippen LogP contribution is -2.23. The van der Waals surface area contributed by atoms with Crippen molar-refractivity contribution in [3.05, 3.63) is 42.2 Å². The van der Waals surface area contributed by atoms with Crippen LogP contribution < -0.4 is 15.4 Å². The molecule has 0 amide bonds. The molecule has 152 valence electrons. The molecule has 1 saturated heterocycles. The Morgan fingerprint density at radius 2 is 2.10 bits per heavy atom. The van der Waals surface area contributed by atoms with Crippen molar-refractivity contribution in [1.29, 1.82) is 0 Å². The summed E-state index contributed by atoms with van der Waals surface area (Å²) in [6, 6.07) is 9.49. The number of hydrogen-bond donors (Lipinski definition) is 3. The first-order chi connectivity index (χ1) is 14.1. The van der Waals surface area contributed by atoms with Crippen LogP contribution in [0.4, 0.5) is 10.2 Å². The Hall–Kier alpha value is -2.97. The number of phenols is 1. The number of nitrogens with zero attached hydrogens (tertiary/aromatic N) is 2. The third kappa shape index (κ3) is 4.38. The highest BCUT2D eigenvalue weighted by Crippen LogP contribution is 2.32. The van der Waals surface area contributed by atoms with Crippen LogP contribution in [0, 0.1) is 5.82 Å². The average molecular weight is 398 g/mol. The molecule has 8 heteroatoms. The van der Waals surface area contributed by atoms with Gasteiger partial charge in [-0.15, -0.1) is 0 Å². The standard InChI is InChI=1S/C21H23FN4O3/c1-28-8-9-29-15-3-4-18-16(11-15)20(24-14-6-7-23-12-14)26-21(25-18)17-10-13(22)2-5-19(17)27/h2-5,10-11,14,23,27H,6-9,12H2,1H3,(H,24,25,26). The van der Waals surface area contributed by atoms with Gasteiger partial charge < -0.3 is 25.2 Å². The van der Waals surface area contributed by atoms with E-state index in [9.17, 15) is 9.50 Å². The van der Waals surface area contributed by atoms with E-state index in [2.05, 4.69) is 20.6 Å². The van der Waals surface area contributed by atoms with E-state index in [4.69, 9.17) is 9.47 Å². The summed E-state index contributed by atoms with van der Waals surface area (Å²) in [5.41, 5.74) is 0.922. The van der Waals surface area contributed by atoms with Gasteiger partial charge in [0.1, 0.15) is 29.7 Å². The van der Waals surface area contributed by atoms with Crippen LogP contribution in [0.3, 0.4) is 0 Å². The molecule has 1 aliphatic rings. The molecular weight excluding hydrogens is 375 g/mol. The summed E-state index contributed by atoms with van der Waals surface area (Å²) >= 11 is 0. The molecule has 0 saturated carbocycles. The van der Waals surface area contributed by atoms with Crippen LogP contribution in [-0.4, -0.2) is 54.5 Å². The van der Waals surface area contributed by atoms with E-state index in [1.165, 1.54) is 18.2 Å². The van der Waals surface area contributed by atoms with Gasteiger partial charge in [0, 0.05) is 25.1 Å². The quantitative estimate of drug-likeness (QED) is 0.527. The number of rotatable bonds is 7. The maximum absolute atomic E-state index is 13.8. The molecule has 0 spiro atoms. The Morgan fingerprint density at radius 1 is 1.21 bits per heavy atom. The van der Waals surface area contributed by atoms with E-state index in [0.717, 1.165) is 24.9 Å². The zero-order chi connectivity index (χ0) is 20.2. The number of fused-ring (bicyclic) bond motifs is 1. The third-order valence-corrected chi connectivity index (χ3v) is 4.82. The number of hydrogen-bond acceptors (Lipinski definition) is 7. The van der Waals surface area contributed by atoms with Crippen LogP contribution >= 0.6 is 0 Å². The van der Waals surface area contributed by atoms with Gasteiger partial charge in [0.25, 0.3) is 0 Å². The molecule has 0 aliphatic carbocycles. The first kappa shape index (κ1) is 19.4. The summed E-state index contributed by atoms with van der Waals surface area (Å²) in [7, 11) is 1.62. The van der Waals surface area contributed by atoms with Crippen LogP contribution in [0.1, 0.15) is 6.42 Å². The van der Waals surface area contributed by atoms with E-state index < -0.39 is 5.82 Å². The van der Waals surface area contributed by atoms with Gasteiger partial charge >= 0.3 is 0 Å². The zero-order valence-corrected chi connectivity index (χ0v) is 16.1. The lowest BCUT2D eigenvalue weighted by atomic mass is 10.1. The Labute approximate surface area is 167 Å². The number of benzene rings is 2. The van der Waals surface area contributed by atoms with Gasteiger partial charge in [0.15, 0.2) is 5.82 Å². The van der Waals surface area contributed by atoms with Gasteiger partial charge in [0.2, 0.25) is 0 Å². The lowest BCUT2D eigenvalue weighted by Gasteiger charge is -2.16. The van der Waals surface area contributed by atoms with Crippen molar-refractivity contribution in [2.75, 3.05) is 38.7 Å². The number of anilines is 1. The molecule has 3 aromatic rings. The second-order valence-corrected chi connectivity index (χ2v) is 6.91. The second-order valence-electron chi connectivity index (χ2n) is 6.91. The number of phenolic OH excluding ortho intramolecular Hbond substituents is 1. The lowest BCUT2D eigenvalue weighted by molar-refractivity contribution is 0.146. The summed E-state index contributed by atoms with van der Waals surface area (Å²) in [4.78, 5) is 9.16. The molecule has 1 aromatic heterocycles. The number of nitrogens with one attached hydrogen (secondary N) is 2. The molecule has 1 atom stereocenters. The van der Waals surface area contributed by atoms with Crippen LogP contribution in [0.2, 0.25) is 0 Å². The highest BCUT2D eigenvalue weighted by Gasteiger charge is 2.19. The van der Waals surface area contributed by atoms with Gasteiger partial charge in [-0.05, 0) is 49.4 Å². The van der Waals surface area contributed by atoms with Crippen LogP contribution in [0.15, 0.2) is 36.4 Å². The SMILES string of the molecule is COCCOc1ccc2nc(-c3cc(F)ccc3O)nc(NC3CCNC3)c2c1. The van der Waals surface area contributed by atoms with Crippen LogP contribution in [-0.2, 0) is 4.74 Å². The number of halogens is 1. The fourth-order valence-electron chi connectivity index (χ4n) is 3.33. The summed E-state index contributed by atoms with van der Waals surface area (Å²) in [6.45, 7) is 2.69. The molecule has 7 nitrogen and oxygen atoms in total. The molecular formula is C21H23FN4O3. The Kier molecular flexibility index (Phi) is 5.73. The minimum Gasteiger partial charge on any atom is -0.507 e. The molecule has 1 aliphatic heterocycles. The predicted octanol–water partition coefficient (Wildman–Crippen LogP) is 2.94. The highest BCUT2D eigenvalue weighted by atomic mass is 19.1. The van der Waals surface area contributed by atoms with Crippen molar-refractivity contribution in [3.63, 3.8) is 0 Å². The van der Waals surface area contributed by atoms with E-state index in [0.29, 0.717) is 30.3 Å². The van der Waals surface area contributed by atoms with Crippen molar-refractivity contribution < 1.29 is 19.0 Å². The first-order valence-electron chi connectivity index (χ1n) is 9.54. The predicted molar refractivity (Wildman–Crippen MR) is 109 cm³/mol. The molecule has 1 unspecified atom stereocenters. The second kappa shape index (κ2) is 8.59. The topological polar surface area (TPSA) is 88.5 Å². The molecule has 2 aromatic carbocycles. The summed E-state index contributed by atoms with van der Waals surface area (Å²) in [5.74, 6) is 1.04. The Bertz CT molecular complexity index is 1010. The van der Waals surface area contributed by atoms with Crippen molar-refractivity contribution in [1.82, 2.24) is 15.3 Å². The summed E-state index contributed by atoms with van der Waals surface area (Å²) in [5, 5.41) is 17.8.